The molecule has 1 aliphatic rings. The Hall–Kier alpha value is -11.1. The molecule has 23 N–H and O–H groups in total. The van der Waals surface area contributed by atoms with Crippen molar-refractivity contribution in [3.63, 3.8) is 0 Å². The van der Waals surface area contributed by atoms with Gasteiger partial charge in [-0.05, 0) is 94.0 Å². The lowest BCUT2D eigenvalue weighted by Gasteiger charge is -2.38. The van der Waals surface area contributed by atoms with E-state index in [2.05, 4.69) is 97.7 Å². The van der Waals surface area contributed by atoms with E-state index in [0.29, 0.717) is 61.2 Å². The molecule has 5 aromatic rings. The van der Waals surface area contributed by atoms with E-state index in [1.807, 2.05) is 48.5 Å². The van der Waals surface area contributed by atoms with Crippen LogP contribution in [0.2, 0.25) is 0 Å². The van der Waals surface area contributed by atoms with Gasteiger partial charge in [0.05, 0.1) is 31.4 Å². The summed E-state index contributed by atoms with van der Waals surface area (Å²) in [6.45, 7) is 5.47. The van der Waals surface area contributed by atoms with Crippen molar-refractivity contribution in [1.29, 1.82) is 0 Å². The summed E-state index contributed by atoms with van der Waals surface area (Å²) in [6, 6.07) is 15.6. The summed E-state index contributed by atoms with van der Waals surface area (Å²) in [5.41, 5.74) is 31.3. The molecule has 2 aromatic heterocycles. The first-order valence-corrected chi connectivity index (χ1v) is 44.2. The molecule has 1 fully saturated rings. The molecular formula is C87H134N22O13S. The number of para-hydroxylation sites is 1. The van der Waals surface area contributed by atoms with Gasteiger partial charge in [0.15, 0.2) is 11.9 Å². The number of hydrogen-bond donors (Lipinski definition) is 19. The summed E-state index contributed by atoms with van der Waals surface area (Å²) >= 11 is 4.47. The molecule has 676 valence electrons. The lowest BCUT2D eigenvalue weighted by Crippen LogP contribution is -2.61. The first kappa shape index (κ1) is 101. The number of H-pyrrole nitrogens is 2. The van der Waals surface area contributed by atoms with Gasteiger partial charge in [-0.1, -0.05) is 183 Å². The molecule has 0 radical (unpaired) electrons. The molecule has 9 atom stereocenters. The lowest BCUT2D eigenvalue weighted by molar-refractivity contribution is -0.141. The average Bonchev–Trinajstić information content (AvgIpc) is 1.29. The van der Waals surface area contributed by atoms with Crippen molar-refractivity contribution >= 4 is 106 Å². The number of hydrogen-bond acceptors (Lipinski definition) is 18. The fourth-order valence-electron chi connectivity index (χ4n) is 14.8. The number of likely N-dealkylation sites (tertiary alicyclic amines) is 1. The zero-order chi connectivity index (χ0) is 89.3. The Morgan fingerprint density at radius 3 is 1.66 bits per heavy atom. The predicted molar refractivity (Wildman–Crippen MR) is 476 cm³/mol. The molecule has 3 heterocycles. The van der Waals surface area contributed by atoms with Crippen LogP contribution in [0.3, 0.4) is 0 Å². The van der Waals surface area contributed by atoms with Crippen LogP contribution in [-0.4, -0.2) is 232 Å². The van der Waals surface area contributed by atoms with Crippen molar-refractivity contribution in [3.8, 4) is 0 Å². The third-order valence-corrected chi connectivity index (χ3v) is 21.9. The summed E-state index contributed by atoms with van der Waals surface area (Å²) in [5, 5.41) is 39.6. The number of guanidine groups is 2. The van der Waals surface area contributed by atoms with Crippen LogP contribution in [0.5, 0.6) is 0 Å². The SMILES string of the molecule is CCCCCCCCCCCCCCCCNC(=O)CN(CC(N)=O)C(=O)CCCCCNC(=O)C(Cc1c[nH]c2ccccc12)NC(=O)C(CCCN=C(N)N)NC(=O)C(CS)NC(=O)C(CCCN=C(N)N)NC(=O)C1CCCN(C(=O)C(NC(=O)C(Cc2cnc[nH]2)NC(=O)C(NC(=O)CNCC)C(C)O)C(c2ccccc2)c2ccccc2)C1. The van der Waals surface area contributed by atoms with E-state index in [1.54, 1.807) is 49.5 Å². The summed E-state index contributed by atoms with van der Waals surface area (Å²) in [5.74, 6) is -10.7. The summed E-state index contributed by atoms with van der Waals surface area (Å²) in [4.78, 5) is 191. The first-order valence-electron chi connectivity index (χ1n) is 43.5. The molecule has 0 spiro atoms. The smallest absolute Gasteiger partial charge is 0.246 e. The van der Waals surface area contributed by atoms with Crippen molar-refractivity contribution in [3.05, 3.63) is 126 Å². The van der Waals surface area contributed by atoms with Gasteiger partial charge in [0.1, 0.15) is 48.8 Å². The van der Waals surface area contributed by atoms with E-state index in [0.717, 1.165) is 41.5 Å². The standard InChI is InChI=1S/C87H134N22O13S/c1-4-6-7-8-9-10-11-12-13-14-15-16-17-28-43-95-73(113)55-109(54-71(88)111)74(114)42-25-20-29-44-96-79(116)68(48-62-50-99-65-39-27-26-38-64(62)65)103-80(117)67(41-31-46-98-87(91)92)102-83(120)70(56-123)105-81(118)66(40-30-45-97-86(89)90)101-78(115)61-37-32-47-108(53-61)85(122)77(75(59-33-21-18-22-34-59)60-35-23-19-24-36-60)107-82(119)69(49-63-51-94-57-100-63)104-84(121)76(58(3)110)106-72(112)52-93-5-2/h18-19,21-24,26-27,33-36,38-39,50-51,57-58,61,66-70,75-77,93,99,110,123H,4-17,20,25,28-32,37,40-49,52-56H2,1-3H3,(H2,88,111)(H,94,100)(H,95,113)(H,96,116)(H,101,115)(H,102,120)(H,103,117)(H,104,121)(H,105,118)(H,106,112)(H,107,119)(H4,89,90,97)(H4,91,92,98). The highest BCUT2D eigenvalue weighted by Crippen LogP contribution is 2.32. The topological polar surface area (TPSA) is 551 Å². The third kappa shape index (κ3) is 37.2. The van der Waals surface area contributed by atoms with Gasteiger partial charge >= 0.3 is 0 Å². The average molecular weight is 1730 g/mol. The zero-order valence-corrected chi connectivity index (χ0v) is 72.6. The van der Waals surface area contributed by atoms with Crippen LogP contribution in [0.15, 0.2) is 114 Å². The molecule has 0 aliphatic carbocycles. The highest BCUT2D eigenvalue weighted by atomic mass is 32.1. The Bertz CT molecular complexity index is 4110. The van der Waals surface area contributed by atoms with E-state index in [1.165, 1.54) is 88.6 Å². The second kappa shape index (κ2) is 56.5. The van der Waals surface area contributed by atoms with E-state index >= 15 is 9.59 Å². The van der Waals surface area contributed by atoms with Gasteiger partial charge in [-0.3, -0.25) is 67.5 Å². The van der Waals surface area contributed by atoms with Crippen molar-refractivity contribution in [1.82, 2.24) is 77.9 Å². The summed E-state index contributed by atoms with van der Waals surface area (Å²) < 4.78 is 0. The minimum atomic E-state index is -1.50. The fourth-order valence-corrected chi connectivity index (χ4v) is 15.1. The minimum Gasteiger partial charge on any atom is -0.391 e. The number of piperidine rings is 1. The Morgan fingerprint density at radius 2 is 1.09 bits per heavy atom. The number of nitrogens with zero attached hydrogens (tertiary/aromatic N) is 5. The molecule has 6 rings (SSSR count). The van der Waals surface area contributed by atoms with Crippen molar-refractivity contribution in [2.24, 2.45) is 44.6 Å². The number of likely N-dealkylation sites (N-methyl/N-ethyl adjacent to an activating group) is 1. The molecule has 12 amide bonds. The zero-order valence-electron chi connectivity index (χ0n) is 71.7. The van der Waals surface area contributed by atoms with Crippen LogP contribution in [-0.2, 0) is 70.4 Å². The maximum atomic E-state index is 15.7. The van der Waals surface area contributed by atoms with Crippen LogP contribution in [0.1, 0.15) is 203 Å². The van der Waals surface area contributed by atoms with Crippen molar-refractivity contribution in [2.75, 3.05) is 71.2 Å². The number of carbonyl (C=O) groups is 12. The van der Waals surface area contributed by atoms with Crippen molar-refractivity contribution in [2.45, 2.75) is 242 Å². The van der Waals surface area contributed by atoms with Crippen LogP contribution in [0.25, 0.3) is 10.9 Å². The number of unbranched alkanes of at least 4 members (excludes halogenated alkanes) is 15. The number of aliphatic hydroxyl groups is 1. The monoisotopic (exact) mass is 1730 g/mol. The number of thiol groups is 1. The predicted octanol–water partition coefficient (Wildman–Crippen LogP) is 2.76. The summed E-state index contributed by atoms with van der Waals surface area (Å²) in [6.07, 6.45) is 21.8. The number of aliphatic hydroxyl groups excluding tert-OH is 1. The number of nitrogens with one attached hydrogen (secondary N) is 12. The maximum absolute atomic E-state index is 15.7. The number of benzene rings is 3. The van der Waals surface area contributed by atoms with Gasteiger partial charge in [-0.25, -0.2) is 4.98 Å². The van der Waals surface area contributed by atoms with Gasteiger partial charge in [0, 0.05) is 99.2 Å². The first-order chi connectivity index (χ1) is 59.3. The van der Waals surface area contributed by atoms with Crippen LogP contribution in [0, 0.1) is 5.92 Å². The Kier molecular flexibility index (Phi) is 46.3. The Morgan fingerprint density at radius 1 is 0.561 bits per heavy atom. The molecule has 3 aromatic carbocycles. The number of imidazole rings is 1. The lowest BCUT2D eigenvalue weighted by atomic mass is 9.83. The molecule has 1 aliphatic heterocycles. The van der Waals surface area contributed by atoms with E-state index in [9.17, 15) is 53.1 Å². The number of aromatic nitrogens is 3. The highest BCUT2D eigenvalue weighted by Gasteiger charge is 2.41. The van der Waals surface area contributed by atoms with Gasteiger partial charge in [0.25, 0.3) is 0 Å². The van der Waals surface area contributed by atoms with E-state index in [-0.39, 0.29) is 121 Å². The number of rotatable bonds is 60. The van der Waals surface area contributed by atoms with Gasteiger partial charge in [-0.15, -0.1) is 0 Å². The van der Waals surface area contributed by atoms with Crippen molar-refractivity contribution < 1.29 is 62.6 Å². The minimum absolute atomic E-state index is 0.00455. The highest BCUT2D eigenvalue weighted by molar-refractivity contribution is 7.80. The largest absolute Gasteiger partial charge is 0.391 e. The molecule has 0 bridgehead atoms. The molecule has 0 saturated carbocycles. The fraction of sp³-hybridized carbons (Fsp3) is 0.575. The molecule has 35 nitrogen and oxygen atoms in total. The molecule has 1 saturated heterocycles. The number of aliphatic imine (C=N–C) groups is 2. The second-order valence-electron chi connectivity index (χ2n) is 31.5. The Labute approximate surface area is 727 Å². The quantitative estimate of drug-likeness (QED) is 0.0115. The Balaban J connectivity index is 1.13. The normalized spacial score (nSPS) is 14.5. The van der Waals surface area contributed by atoms with E-state index < -0.39 is 132 Å². The second-order valence-corrected chi connectivity index (χ2v) is 31.8. The summed E-state index contributed by atoms with van der Waals surface area (Å²) in [7, 11) is 0. The number of aromatic amines is 2. The number of amides is 12. The van der Waals surface area contributed by atoms with Crippen LogP contribution >= 0.6 is 12.6 Å². The van der Waals surface area contributed by atoms with Crippen LogP contribution in [0.4, 0.5) is 0 Å². The molecule has 123 heavy (non-hydrogen) atoms. The van der Waals surface area contributed by atoms with Gasteiger partial charge in [-0.2, -0.15) is 12.6 Å². The van der Waals surface area contributed by atoms with Crippen LogP contribution < -0.4 is 81.8 Å². The van der Waals surface area contributed by atoms with E-state index in [4.69, 9.17) is 28.7 Å². The number of fused-ring (bicyclic) bond motifs is 1. The third-order valence-electron chi connectivity index (χ3n) is 21.5. The molecule has 9 unspecified atom stereocenters. The van der Waals surface area contributed by atoms with Gasteiger partial charge in [0.2, 0.25) is 70.9 Å². The number of primary amides is 1. The van der Waals surface area contributed by atoms with Gasteiger partial charge < -0.3 is 107 Å². The molecule has 36 heteroatoms. The number of carbonyl (C=O) groups excluding carboxylic acids is 12. The number of nitrogens with two attached hydrogens (primary N) is 5. The maximum Gasteiger partial charge on any atom is 0.246 e. The molecular weight excluding hydrogens is 1590 g/mol.